The summed E-state index contributed by atoms with van der Waals surface area (Å²) in [7, 11) is 1.69. The quantitative estimate of drug-likeness (QED) is 0.709. The van der Waals surface area contributed by atoms with E-state index in [4.69, 9.17) is 12.2 Å². The highest BCUT2D eigenvalue weighted by atomic mass is 32.1. The molecule has 0 aliphatic heterocycles. The first kappa shape index (κ1) is 10.3. The average Bonchev–Trinajstić information content (AvgIpc) is 2.26. The lowest BCUT2D eigenvalue weighted by Crippen LogP contribution is -2.12. The fourth-order valence-corrected chi connectivity index (χ4v) is 2.42. The van der Waals surface area contributed by atoms with E-state index in [1.54, 1.807) is 7.05 Å². The van der Waals surface area contributed by atoms with Gasteiger partial charge in [0.15, 0.2) is 0 Å². The third-order valence-electron chi connectivity index (χ3n) is 2.11. The predicted octanol–water partition coefficient (Wildman–Crippen LogP) is 2.84. The van der Waals surface area contributed by atoms with Crippen LogP contribution >= 0.6 is 23.6 Å². The molecule has 0 radical (unpaired) electrons. The molecule has 1 aromatic carbocycles. The van der Waals surface area contributed by atoms with E-state index in [1.165, 1.54) is 15.9 Å². The number of benzene rings is 1. The largest absolute Gasteiger partial charge is 0.308 e. The SMILES string of the molecule is Cn1c(=S)cc(-c2ccccc2)sc1=O. The zero-order chi connectivity index (χ0) is 10.8. The summed E-state index contributed by atoms with van der Waals surface area (Å²) in [4.78, 5) is 12.4. The van der Waals surface area contributed by atoms with Gasteiger partial charge in [0.2, 0.25) is 0 Å². The van der Waals surface area contributed by atoms with Gasteiger partial charge in [0.05, 0.1) is 0 Å². The van der Waals surface area contributed by atoms with Crippen LogP contribution in [-0.4, -0.2) is 4.57 Å². The first-order chi connectivity index (χ1) is 7.18. The summed E-state index contributed by atoms with van der Waals surface area (Å²) in [5.74, 6) is 0. The van der Waals surface area contributed by atoms with E-state index in [1.807, 2.05) is 36.4 Å². The summed E-state index contributed by atoms with van der Waals surface area (Å²) in [6, 6.07) is 11.6. The van der Waals surface area contributed by atoms with E-state index in [2.05, 4.69) is 0 Å². The van der Waals surface area contributed by atoms with Gasteiger partial charge in [-0.3, -0.25) is 9.36 Å². The molecule has 0 unspecified atom stereocenters. The Hall–Kier alpha value is -1.26. The van der Waals surface area contributed by atoms with Crippen molar-refractivity contribution in [3.8, 4) is 10.4 Å². The molecule has 0 saturated carbocycles. The Labute approximate surface area is 96.5 Å². The van der Waals surface area contributed by atoms with Crippen LogP contribution in [0.1, 0.15) is 0 Å². The fraction of sp³-hybridized carbons (Fsp3) is 0.0909. The Morgan fingerprint density at radius 1 is 1.27 bits per heavy atom. The summed E-state index contributed by atoms with van der Waals surface area (Å²) in [5.41, 5.74) is 1.03. The molecule has 2 nitrogen and oxygen atoms in total. The normalized spacial score (nSPS) is 10.2. The van der Waals surface area contributed by atoms with Crippen LogP contribution in [-0.2, 0) is 7.05 Å². The van der Waals surface area contributed by atoms with Gasteiger partial charge in [-0.1, -0.05) is 53.9 Å². The van der Waals surface area contributed by atoms with Gasteiger partial charge in [0.25, 0.3) is 0 Å². The highest BCUT2D eigenvalue weighted by Crippen LogP contribution is 2.20. The second kappa shape index (κ2) is 4.08. The van der Waals surface area contributed by atoms with Crippen LogP contribution in [0, 0.1) is 4.64 Å². The molecule has 0 aliphatic rings. The molecule has 2 rings (SSSR count). The van der Waals surface area contributed by atoms with Crippen LogP contribution in [0.3, 0.4) is 0 Å². The van der Waals surface area contributed by atoms with Crippen molar-refractivity contribution in [2.24, 2.45) is 7.05 Å². The summed E-state index contributed by atoms with van der Waals surface area (Å²) < 4.78 is 2.05. The molecule has 2 aromatic rings. The van der Waals surface area contributed by atoms with E-state index >= 15 is 0 Å². The summed E-state index contributed by atoms with van der Waals surface area (Å²) in [6.07, 6.45) is 0. The molecule has 0 bridgehead atoms. The van der Waals surface area contributed by atoms with Gasteiger partial charge in [-0.25, -0.2) is 0 Å². The molecule has 0 spiro atoms. The van der Waals surface area contributed by atoms with Gasteiger partial charge in [0, 0.05) is 11.9 Å². The third-order valence-corrected chi connectivity index (χ3v) is 3.53. The molecule has 0 saturated heterocycles. The van der Waals surface area contributed by atoms with Crippen molar-refractivity contribution in [1.29, 1.82) is 0 Å². The van der Waals surface area contributed by atoms with Gasteiger partial charge in [-0.15, -0.1) is 0 Å². The Bertz CT molecular complexity index is 552. The molecule has 15 heavy (non-hydrogen) atoms. The van der Waals surface area contributed by atoms with Crippen molar-refractivity contribution in [2.45, 2.75) is 0 Å². The van der Waals surface area contributed by atoms with Crippen LogP contribution in [0.4, 0.5) is 0 Å². The standard InChI is InChI=1S/C11H9NOS2/c1-12-10(14)7-9(15-11(12)13)8-5-3-2-4-6-8/h2-7H,1H3. The third kappa shape index (κ3) is 2.06. The van der Waals surface area contributed by atoms with Crippen molar-refractivity contribution in [3.63, 3.8) is 0 Å². The lowest BCUT2D eigenvalue weighted by molar-refractivity contribution is 0.870. The van der Waals surface area contributed by atoms with Crippen molar-refractivity contribution in [2.75, 3.05) is 0 Å². The molecular formula is C11H9NOS2. The van der Waals surface area contributed by atoms with Crippen molar-refractivity contribution >= 4 is 23.6 Å². The molecule has 4 heteroatoms. The van der Waals surface area contributed by atoms with E-state index in [0.29, 0.717) is 4.64 Å². The fourth-order valence-electron chi connectivity index (χ4n) is 1.24. The zero-order valence-corrected chi connectivity index (χ0v) is 9.77. The maximum atomic E-state index is 11.5. The molecule has 1 heterocycles. The molecule has 0 fully saturated rings. The van der Waals surface area contributed by atoms with Crippen LogP contribution in [0.15, 0.2) is 41.2 Å². The number of rotatable bonds is 1. The molecule has 0 amide bonds. The van der Waals surface area contributed by atoms with Gasteiger partial charge in [0.1, 0.15) is 4.64 Å². The van der Waals surface area contributed by atoms with Gasteiger partial charge >= 0.3 is 4.87 Å². The molecule has 0 atom stereocenters. The summed E-state index contributed by atoms with van der Waals surface area (Å²) in [6.45, 7) is 0. The second-order valence-electron chi connectivity index (χ2n) is 3.14. The maximum absolute atomic E-state index is 11.5. The number of hydrogen-bond acceptors (Lipinski definition) is 3. The van der Waals surface area contributed by atoms with Crippen molar-refractivity contribution < 1.29 is 0 Å². The van der Waals surface area contributed by atoms with Crippen molar-refractivity contribution in [1.82, 2.24) is 4.57 Å². The highest BCUT2D eigenvalue weighted by molar-refractivity contribution is 7.71. The van der Waals surface area contributed by atoms with E-state index < -0.39 is 0 Å². The predicted molar refractivity (Wildman–Crippen MR) is 65.8 cm³/mol. The van der Waals surface area contributed by atoms with Gasteiger partial charge in [-0.05, 0) is 11.6 Å². The Balaban J connectivity index is 2.67. The lowest BCUT2D eigenvalue weighted by Gasteiger charge is -2.01. The first-order valence-corrected chi connectivity index (χ1v) is 5.67. The summed E-state index contributed by atoms with van der Waals surface area (Å²) >= 11 is 6.31. The topological polar surface area (TPSA) is 22.0 Å². The monoisotopic (exact) mass is 235 g/mol. The second-order valence-corrected chi connectivity index (χ2v) is 4.55. The zero-order valence-electron chi connectivity index (χ0n) is 8.14. The maximum Gasteiger partial charge on any atom is 0.308 e. The molecule has 0 N–H and O–H groups in total. The van der Waals surface area contributed by atoms with Crippen LogP contribution in [0.25, 0.3) is 10.4 Å². The van der Waals surface area contributed by atoms with Gasteiger partial charge < -0.3 is 0 Å². The van der Waals surface area contributed by atoms with Crippen LogP contribution in [0.2, 0.25) is 0 Å². The minimum Gasteiger partial charge on any atom is -0.294 e. The lowest BCUT2D eigenvalue weighted by atomic mass is 10.2. The molecule has 76 valence electrons. The van der Waals surface area contributed by atoms with E-state index in [0.717, 1.165) is 10.4 Å². The number of nitrogens with zero attached hydrogens (tertiary/aromatic N) is 1. The van der Waals surface area contributed by atoms with Crippen molar-refractivity contribution in [3.05, 3.63) is 50.7 Å². The summed E-state index contributed by atoms with van der Waals surface area (Å²) in [5, 5.41) is 0. The van der Waals surface area contributed by atoms with E-state index in [-0.39, 0.29) is 4.87 Å². The molecule has 1 aromatic heterocycles. The average molecular weight is 235 g/mol. The Morgan fingerprint density at radius 3 is 2.53 bits per heavy atom. The highest BCUT2D eigenvalue weighted by Gasteiger charge is 2.01. The minimum atomic E-state index is -0.0265. The van der Waals surface area contributed by atoms with E-state index in [9.17, 15) is 4.79 Å². The molecular weight excluding hydrogens is 226 g/mol. The Morgan fingerprint density at radius 2 is 1.93 bits per heavy atom. The Kier molecular flexibility index (Phi) is 2.79. The minimum absolute atomic E-state index is 0.0265. The molecule has 0 aliphatic carbocycles. The number of aromatic nitrogens is 1. The number of hydrogen-bond donors (Lipinski definition) is 0. The van der Waals surface area contributed by atoms with Gasteiger partial charge in [-0.2, -0.15) is 0 Å². The smallest absolute Gasteiger partial charge is 0.294 e. The van der Waals surface area contributed by atoms with Crippen LogP contribution < -0.4 is 4.87 Å². The first-order valence-electron chi connectivity index (χ1n) is 4.45. The van der Waals surface area contributed by atoms with Crippen LogP contribution in [0.5, 0.6) is 0 Å².